The molecular formula is C13H18N2O2. The molecule has 92 valence electrons. The number of anilines is 1. The van der Waals surface area contributed by atoms with Crippen molar-refractivity contribution in [1.29, 1.82) is 0 Å². The van der Waals surface area contributed by atoms with Gasteiger partial charge in [0.1, 0.15) is 0 Å². The number of hydrogen-bond acceptors (Lipinski definition) is 3. The molecule has 0 bridgehead atoms. The third-order valence-corrected chi connectivity index (χ3v) is 2.86. The van der Waals surface area contributed by atoms with Crippen molar-refractivity contribution in [2.45, 2.75) is 19.3 Å². The van der Waals surface area contributed by atoms with Gasteiger partial charge in [0.05, 0.1) is 0 Å². The predicted octanol–water partition coefficient (Wildman–Crippen LogP) is 2.68. The van der Waals surface area contributed by atoms with E-state index in [1.165, 1.54) is 6.42 Å². The standard InChI is InChI=1S/C13H18N2O2/c16-13(15-9-5-2-6-10-15)17-11-14-12-7-3-1-4-8-12/h1,3-4,7-8,14H,2,5-6,9-11H2. The molecule has 0 spiro atoms. The van der Waals surface area contributed by atoms with E-state index in [1.54, 1.807) is 4.90 Å². The first kappa shape index (κ1) is 11.8. The van der Waals surface area contributed by atoms with Crippen molar-refractivity contribution in [2.24, 2.45) is 0 Å². The summed E-state index contributed by atoms with van der Waals surface area (Å²) >= 11 is 0. The Morgan fingerprint density at radius 3 is 2.59 bits per heavy atom. The van der Waals surface area contributed by atoms with Crippen LogP contribution in [0.15, 0.2) is 30.3 Å². The van der Waals surface area contributed by atoms with Crippen molar-refractivity contribution in [3.05, 3.63) is 30.3 Å². The first-order valence-electron chi connectivity index (χ1n) is 6.07. The van der Waals surface area contributed by atoms with Crippen LogP contribution in [-0.2, 0) is 4.74 Å². The Labute approximate surface area is 102 Å². The molecule has 2 rings (SSSR count). The highest BCUT2D eigenvalue weighted by molar-refractivity contribution is 5.67. The van der Waals surface area contributed by atoms with E-state index in [0.717, 1.165) is 31.6 Å². The lowest BCUT2D eigenvalue weighted by Crippen LogP contribution is -2.36. The fourth-order valence-electron chi connectivity index (χ4n) is 1.90. The first-order chi connectivity index (χ1) is 8.36. The first-order valence-corrected chi connectivity index (χ1v) is 6.07. The zero-order valence-corrected chi connectivity index (χ0v) is 9.89. The topological polar surface area (TPSA) is 41.6 Å². The van der Waals surface area contributed by atoms with Gasteiger partial charge in [0, 0.05) is 18.8 Å². The van der Waals surface area contributed by atoms with Gasteiger partial charge in [-0.1, -0.05) is 18.2 Å². The summed E-state index contributed by atoms with van der Waals surface area (Å²) in [6.07, 6.45) is 3.17. The van der Waals surface area contributed by atoms with E-state index >= 15 is 0 Å². The number of carbonyl (C=O) groups is 1. The number of para-hydroxylation sites is 1. The van der Waals surface area contributed by atoms with E-state index in [0.29, 0.717) is 0 Å². The monoisotopic (exact) mass is 234 g/mol. The third kappa shape index (κ3) is 3.66. The molecule has 17 heavy (non-hydrogen) atoms. The van der Waals surface area contributed by atoms with Gasteiger partial charge in [0.25, 0.3) is 0 Å². The van der Waals surface area contributed by atoms with Crippen molar-refractivity contribution >= 4 is 11.8 Å². The van der Waals surface area contributed by atoms with E-state index in [9.17, 15) is 4.79 Å². The number of hydrogen-bond donors (Lipinski definition) is 1. The van der Waals surface area contributed by atoms with Crippen LogP contribution in [0.3, 0.4) is 0 Å². The Kier molecular flexibility index (Phi) is 4.24. The minimum atomic E-state index is -0.215. The zero-order chi connectivity index (χ0) is 11.9. The smallest absolute Gasteiger partial charge is 0.411 e. The molecule has 0 aliphatic carbocycles. The highest BCUT2D eigenvalue weighted by atomic mass is 16.6. The van der Waals surface area contributed by atoms with Crippen LogP contribution in [-0.4, -0.2) is 30.8 Å². The van der Waals surface area contributed by atoms with E-state index < -0.39 is 0 Å². The number of carbonyl (C=O) groups excluding carboxylic acids is 1. The maximum Gasteiger partial charge on any atom is 0.411 e. The maximum absolute atomic E-state index is 11.7. The predicted molar refractivity (Wildman–Crippen MR) is 66.8 cm³/mol. The molecular weight excluding hydrogens is 216 g/mol. The number of benzene rings is 1. The number of ether oxygens (including phenoxy) is 1. The summed E-state index contributed by atoms with van der Waals surface area (Å²) in [6, 6.07) is 9.71. The number of likely N-dealkylation sites (tertiary alicyclic amines) is 1. The molecule has 0 unspecified atom stereocenters. The minimum absolute atomic E-state index is 0.215. The van der Waals surface area contributed by atoms with Gasteiger partial charge in [-0.3, -0.25) is 0 Å². The Morgan fingerprint density at radius 2 is 1.88 bits per heavy atom. The largest absolute Gasteiger partial charge is 0.428 e. The lowest BCUT2D eigenvalue weighted by molar-refractivity contribution is 0.101. The summed E-state index contributed by atoms with van der Waals surface area (Å²) in [6.45, 7) is 1.87. The van der Waals surface area contributed by atoms with Crippen molar-refractivity contribution in [1.82, 2.24) is 4.90 Å². The average molecular weight is 234 g/mol. The average Bonchev–Trinajstić information content (AvgIpc) is 2.41. The van der Waals surface area contributed by atoms with Gasteiger partial charge in [0.2, 0.25) is 0 Å². The molecule has 1 heterocycles. The lowest BCUT2D eigenvalue weighted by atomic mass is 10.1. The van der Waals surface area contributed by atoms with Gasteiger partial charge in [0.15, 0.2) is 6.73 Å². The molecule has 0 atom stereocenters. The molecule has 4 nitrogen and oxygen atoms in total. The second-order valence-corrected chi connectivity index (χ2v) is 4.15. The van der Waals surface area contributed by atoms with Gasteiger partial charge in [-0.2, -0.15) is 0 Å². The quantitative estimate of drug-likeness (QED) is 0.817. The van der Waals surface area contributed by atoms with Gasteiger partial charge in [-0.05, 0) is 31.4 Å². The van der Waals surface area contributed by atoms with Gasteiger partial charge >= 0.3 is 6.09 Å². The van der Waals surface area contributed by atoms with E-state index in [4.69, 9.17) is 4.74 Å². The fourth-order valence-corrected chi connectivity index (χ4v) is 1.90. The fraction of sp³-hybridized carbons (Fsp3) is 0.462. The Morgan fingerprint density at radius 1 is 1.18 bits per heavy atom. The zero-order valence-electron chi connectivity index (χ0n) is 9.89. The SMILES string of the molecule is O=C(OCNc1ccccc1)N1CCCCC1. The Bertz CT molecular complexity index is 348. The summed E-state index contributed by atoms with van der Waals surface area (Å²) in [7, 11) is 0. The molecule has 1 amide bonds. The number of nitrogens with one attached hydrogen (secondary N) is 1. The third-order valence-electron chi connectivity index (χ3n) is 2.86. The molecule has 1 aliphatic heterocycles. The minimum Gasteiger partial charge on any atom is -0.428 e. The molecule has 1 saturated heterocycles. The van der Waals surface area contributed by atoms with Crippen LogP contribution >= 0.6 is 0 Å². The summed E-state index contributed by atoms with van der Waals surface area (Å²) in [5.74, 6) is 0. The van der Waals surface area contributed by atoms with Crippen LogP contribution in [0.1, 0.15) is 19.3 Å². The summed E-state index contributed by atoms with van der Waals surface area (Å²) < 4.78 is 5.16. The molecule has 1 aromatic rings. The van der Waals surface area contributed by atoms with Gasteiger partial charge in [-0.25, -0.2) is 4.79 Å². The van der Waals surface area contributed by atoms with Crippen molar-refractivity contribution in [3.8, 4) is 0 Å². The van der Waals surface area contributed by atoms with Crippen LogP contribution in [0.5, 0.6) is 0 Å². The van der Waals surface area contributed by atoms with Crippen LogP contribution in [0.2, 0.25) is 0 Å². The van der Waals surface area contributed by atoms with Crippen LogP contribution in [0.25, 0.3) is 0 Å². The summed E-state index contributed by atoms with van der Waals surface area (Å²) in [5, 5.41) is 3.04. The Hall–Kier alpha value is -1.71. The maximum atomic E-state index is 11.7. The molecule has 4 heteroatoms. The molecule has 0 aromatic heterocycles. The van der Waals surface area contributed by atoms with E-state index in [1.807, 2.05) is 30.3 Å². The molecule has 1 aromatic carbocycles. The second kappa shape index (κ2) is 6.13. The number of nitrogens with zero attached hydrogens (tertiary/aromatic N) is 1. The summed E-state index contributed by atoms with van der Waals surface area (Å²) in [5.41, 5.74) is 0.957. The highest BCUT2D eigenvalue weighted by Gasteiger charge is 2.17. The number of rotatable bonds is 3. The van der Waals surface area contributed by atoms with Crippen LogP contribution < -0.4 is 5.32 Å². The van der Waals surface area contributed by atoms with Crippen LogP contribution in [0.4, 0.5) is 10.5 Å². The summed E-state index contributed by atoms with van der Waals surface area (Å²) in [4.78, 5) is 13.4. The van der Waals surface area contributed by atoms with E-state index in [2.05, 4.69) is 5.32 Å². The van der Waals surface area contributed by atoms with Crippen molar-refractivity contribution in [2.75, 3.05) is 25.1 Å². The van der Waals surface area contributed by atoms with Crippen molar-refractivity contribution < 1.29 is 9.53 Å². The molecule has 1 fully saturated rings. The van der Waals surface area contributed by atoms with Gasteiger partial charge in [-0.15, -0.1) is 0 Å². The Balaban J connectivity index is 1.69. The van der Waals surface area contributed by atoms with Crippen molar-refractivity contribution in [3.63, 3.8) is 0 Å². The molecule has 1 N–H and O–H groups in total. The second-order valence-electron chi connectivity index (χ2n) is 4.15. The molecule has 0 saturated carbocycles. The lowest BCUT2D eigenvalue weighted by Gasteiger charge is -2.25. The van der Waals surface area contributed by atoms with Crippen LogP contribution in [0, 0.1) is 0 Å². The molecule has 1 aliphatic rings. The highest BCUT2D eigenvalue weighted by Crippen LogP contribution is 2.10. The number of amides is 1. The molecule has 0 radical (unpaired) electrons. The van der Waals surface area contributed by atoms with E-state index in [-0.39, 0.29) is 12.8 Å². The number of piperidine rings is 1. The van der Waals surface area contributed by atoms with Gasteiger partial charge < -0.3 is 15.0 Å². The normalized spacial score (nSPS) is 15.4.